The minimum absolute atomic E-state index is 0.106. The van der Waals surface area contributed by atoms with Gasteiger partial charge in [0.1, 0.15) is 23.6 Å². The Labute approximate surface area is 168 Å². The Morgan fingerprint density at radius 2 is 1.89 bits per heavy atom. The molecule has 5 N–H and O–H groups in total. The standard InChI is InChI=1S/C18H16BrFN6O2/c19-11-6-7-14(13(20)8-11)24-17-16(21)18(23-10-22-17)26-25-15(27)9-28-12-4-2-1-3-5-12/h1-8,10H,9,21H2,(H,25,27)(H2,22,23,24,26). The molecular weight excluding hydrogens is 431 g/mol. The van der Waals surface area contributed by atoms with Crippen LogP contribution in [0.3, 0.4) is 0 Å². The quantitative estimate of drug-likeness (QED) is 0.411. The lowest BCUT2D eigenvalue weighted by molar-refractivity contribution is -0.122. The molecule has 0 aliphatic heterocycles. The second kappa shape index (κ2) is 9.00. The third-order valence-corrected chi connectivity index (χ3v) is 3.99. The molecule has 8 nitrogen and oxygen atoms in total. The summed E-state index contributed by atoms with van der Waals surface area (Å²) in [5, 5.41) is 2.79. The lowest BCUT2D eigenvalue weighted by Gasteiger charge is -2.14. The van der Waals surface area contributed by atoms with E-state index in [0.717, 1.165) is 0 Å². The van der Waals surface area contributed by atoms with Crippen molar-refractivity contribution in [3.63, 3.8) is 0 Å². The summed E-state index contributed by atoms with van der Waals surface area (Å²) >= 11 is 3.19. The van der Waals surface area contributed by atoms with Crippen LogP contribution in [0.4, 0.5) is 27.4 Å². The highest BCUT2D eigenvalue weighted by molar-refractivity contribution is 9.10. The van der Waals surface area contributed by atoms with Crippen LogP contribution in [0.15, 0.2) is 59.3 Å². The largest absolute Gasteiger partial charge is 0.484 e. The summed E-state index contributed by atoms with van der Waals surface area (Å²) in [6.07, 6.45) is 1.23. The van der Waals surface area contributed by atoms with Crippen LogP contribution in [0.1, 0.15) is 0 Å². The van der Waals surface area contributed by atoms with E-state index in [1.54, 1.807) is 30.3 Å². The number of hydrogen-bond donors (Lipinski definition) is 4. The number of carbonyl (C=O) groups is 1. The Balaban J connectivity index is 1.60. The molecule has 28 heavy (non-hydrogen) atoms. The molecule has 0 saturated heterocycles. The summed E-state index contributed by atoms with van der Waals surface area (Å²) in [6.45, 7) is -0.197. The summed E-state index contributed by atoms with van der Waals surface area (Å²) in [6, 6.07) is 13.5. The highest BCUT2D eigenvalue weighted by Crippen LogP contribution is 2.27. The topological polar surface area (TPSA) is 114 Å². The number of nitrogens with zero attached hydrogens (tertiary/aromatic N) is 2. The monoisotopic (exact) mass is 446 g/mol. The number of carbonyl (C=O) groups excluding carboxylic acids is 1. The first kappa shape index (κ1) is 19.4. The number of para-hydroxylation sites is 1. The van der Waals surface area contributed by atoms with E-state index in [9.17, 15) is 9.18 Å². The number of amides is 1. The third kappa shape index (κ3) is 5.07. The number of benzene rings is 2. The van der Waals surface area contributed by atoms with Crippen molar-refractivity contribution in [3.05, 3.63) is 65.1 Å². The number of halogens is 2. The fourth-order valence-corrected chi connectivity index (χ4v) is 2.48. The van der Waals surface area contributed by atoms with Gasteiger partial charge in [-0.25, -0.2) is 14.4 Å². The van der Waals surface area contributed by atoms with Gasteiger partial charge in [0.05, 0.1) is 5.69 Å². The van der Waals surface area contributed by atoms with Gasteiger partial charge in [0.15, 0.2) is 18.2 Å². The predicted molar refractivity (Wildman–Crippen MR) is 108 cm³/mol. The minimum atomic E-state index is -0.478. The number of nitrogens with one attached hydrogen (secondary N) is 3. The first-order valence-electron chi connectivity index (χ1n) is 8.08. The lowest BCUT2D eigenvalue weighted by atomic mass is 10.3. The second-order valence-corrected chi connectivity index (χ2v) is 6.42. The molecule has 0 aliphatic carbocycles. The SMILES string of the molecule is Nc1c(NNC(=O)COc2ccccc2)ncnc1Nc1ccc(Br)cc1F. The van der Waals surface area contributed by atoms with Gasteiger partial charge in [-0.3, -0.25) is 15.6 Å². The van der Waals surface area contributed by atoms with Crippen LogP contribution in [0.25, 0.3) is 0 Å². The molecule has 3 aromatic rings. The zero-order valence-electron chi connectivity index (χ0n) is 14.4. The minimum Gasteiger partial charge on any atom is -0.484 e. The van der Waals surface area contributed by atoms with Crippen LogP contribution in [-0.4, -0.2) is 22.5 Å². The van der Waals surface area contributed by atoms with E-state index in [-0.39, 0.29) is 29.6 Å². The van der Waals surface area contributed by atoms with Crippen molar-refractivity contribution in [2.24, 2.45) is 0 Å². The van der Waals surface area contributed by atoms with Crippen LogP contribution in [-0.2, 0) is 4.79 Å². The van der Waals surface area contributed by atoms with E-state index in [2.05, 4.69) is 42.1 Å². The average molecular weight is 447 g/mol. The van der Waals surface area contributed by atoms with Crippen LogP contribution in [0.2, 0.25) is 0 Å². The third-order valence-electron chi connectivity index (χ3n) is 3.50. The Kier molecular flexibility index (Phi) is 6.22. The van der Waals surface area contributed by atoms with Crippen molar-refractivity contribution < 1.29 is 13.9 Å². The molecule has 1 amide bonds. The molecule has 0 aliphatic rings. The van der Waals surface area contributed by atoms with Crippen molar-refractivity contribution >= 4 is 44.8 Å². The maximum Gasteiger partial charge on any atom is 0.276 e. The Bertz CT molecular complexity index is 974. The molecule has 0 spiro atoms. The van der Waals surface area contributed by atoms with E-state index >= 15 is 0 Å². The van der Waals surface area contributed by atoms with Gasteiger partial charge < -0.3 is 15.8 Å². The Morgan fingerprint density at radius 1 is 1.14 bits per heavy atom. The summed E-state index contributed by atoms with van der Waals surface area (Å²) in [4.78, 5) is 19.9. The van der Waals surface area contributed by atoms with Crippen molar-refractivity contribution in [2.45, 2.75) is 0 Å². The molecular formula is C18H16BrFN6O2. The summed E-state index contributed by atoms with van der Waals surface area (Å²) in [7, 11) is 0. The fraction of sp³-hybridized carbons (Fsp3) is 0.0556. The zero-order chi connectivity index (χ0) is 19.9. The molecule has 1 heterocycles. The first-order valence-corrected chi connectivity index (χ1v) is 8.87. The van der Waals surface area contributed by atoms with Crippen molar-refractivity contribution in [1.29, 1.82) is 0 Å². The van der Waals surface area contributed by atoms with Crippen molar-refractivity contribution in [3.8, 4) is 5.75 Å². The van der Waals surface area contributed by atoms with Gasteiger partial charge in [0.2, 0.25) is 0 Å². The molecule has 0 bridgehead atoms. The van der Waals surface area contributed by atoms with Crippen molar-refractivity contribution in [2.75, 3.05) is 23.1 Å². The lowest BCUT2D eigenvalue weighted by Crippen LogP contribution is -2.34. The number of aromatic nitrogens is 2. The summed E-state index contributed by atoms with van der Waals surface area (Å²) in [5.74, 6) is 0.00221. The number of anilines is 4. The highest BCUT2D eigenvalue weighted by atomic mass is 79.9. The van der Waals surface area contributed by atoms with Gasteiger partial charge in [-0.15, -0.1) is 0 Å². The smallest absolute Gasteiger partial charge is 0.276 e. The molecule has 2 aromatic carbocycles. The van der Waals surface area contributed by atoms with Crippen LogP contribution in [0.5, 0.6) is 5.75 Å². The zero-order valence-corrected chi connectivity index (χ0v) is 16.0. The molecule has 144 valence electrons. The number of hydrogen-bond acceptors (Lipinski definition) is 7. The summed E-state index contributed by atoms with van der Waals surface area (Å²) in [5.41, 5.74) is 11.3. The number of ether oxygens (including phenoxy) is 1. The fourth-order valence-electron chi connectivity index (χ4n) is 2.14. The van der Waals surface area contributed by atoms with Gasteiger partial charge in [-0.1, -0.05) is 34.1 Å². The van der Waals surface area contributed by atoms with Gasteiger partial charge >= 0.3 is 0 Å². The van der Waals surface area contributed by atoms with E-state index in [0.29, 0.717) is 10.2 Å². The van der Waals surface area contributed by atoms with Gasteiger partial charge in [0, 0.05) is 4.47 Å². The molecule has 0 atom stereocenters. The maximum absolute atomic E-state index is 14.0. The maximum atomic E-state index is 14.0. The van der Waals surface area contributed by atoms with Crippen molar-refractivity contribution in [1.82, 2.24) is 15.4 Å². The second-order valence-electron chi connectivity index (χ2n) is 5.51. The molecule has 0 fully saturated rings. The molecule has 0 saturated carbocycles. The van der Waals surface area contributed by atoms with Crippen LogP contribution < -0.4 is 26.6 Å². The van der Waals surface area contributed by atoms with E-state index in [4.69, 9.17) is 10.5 Å². The average Bonchev–Trinajstić information content (AvgIpc) is 2.69. The van der Waals surface area contributed by atoms with E-state index < -0.39 is 11.7 Å². The number of rotatable bonds is 7. The molecule has 1 aromatic heterocycles. The van der Waals surface area contributed by atoms with E-state index in [1.165, 1.54) is 18.5 Å². The van der Waals surface area contributed by atoms with Gasteiger partial charge in [0.25, 0.3) is 5.91 Å². The molecule has 0 radical (unpaired) electrons. The Morgan fingerprint density at radius 3 is 2.64 bits per heavy atom. The number of nitrogens with two attached hydrogens (primary N) is 1. The summed E-state index contributed by atoms with van der Waals surface area (Å²) < 4.78 is 19.9. The van der Waals surface area contributed by atoms with Crippen LogP contribution >= 0.6 is 15.9 Å². The van der Waals surface area contributed by atoms with Gasteiger partial charge in [-0.05, 0) is 30.3 Å². The first-order chi connectivity index (χ1) is 13.5. The normalized spacial score (nSPS) is 10.2. The van der Waals surface area contributed by atoms with Crippen LogP contribution in [0, 0.1) is 5.82 Å². The van der Waals surface area contributed by atoms with E-state index in [1.807, 2.05) is 6.07 Å². The predicted octanol–water partition coefficient (Wildman–Crippen LogP) is 3.23. The highest BCUT2D eigenvalue weighted by Gasteiger charge is 2.12. The number of nitrogen functional groups attached to an aromatic ring is 1. The number of hydrazine groups is 1. The Hall–Kier alpha value is -3.40. The molecule has 3 rings (SSSR count). The molecule has 10 heteroatoms. The molecule has 0 unspecified atom stereocenters. The van der Waals surface area contributed by atoms with Gasteiger partial charge in [-0.2, -0.15) is 0 Å².